The summed E-state index contributed by atoms with van der Waals surface area (Å²) in [5.41, 5.74) is 0. The molecule has 7 heteroatoms. The standard InChI is InChI=1S/C21H37NO6/c1-2-3-4-5-6-7-8-9-10-11-12-13-14-15-22(16-19(23)24,17-20(25)26)18-21(27)28/h14-15H,2-13,16-18H2,1H3,(H2-,23,24,25,26,27,28)/p+1/b15-14+. The Morgan fingerprint density at radius 3 is 1.36 bits per heavy atom. The molecule has 0 spiro atoms. The largest absolute Gasteiger partial charge is 0.477 e. The molecule has 7 nitrogen and oxygen atoms in total. The molecule has 0 unspecified atom stereocenters. The highest BCUT2D eigenvalue weighted by molar-refractivity contribution is 5.73. The second-order valence-corrected chi connectivity index (χ2v) is 7.58. The van der Waals surface area contributed by atoms with Gasteiger partial charge in [0.25, 0.3) is 0 Å². The van der Waals surface area contributed by atoms with Crippen molar-refractivity contribution in [1.82, 2.24) is 0 Å². The Morgan fingerprint density at radius 2 is 1.00 bits per heavy atom. The van der Waals surface area contributed by atoms with Crippen LogP contribution in [0.4, 0.5) is 0 Å². The molecular weight excluding hydrogens is 362 g/mol. The zero-order chi connectivity index (χ0) is 21.3. The van der Waals surface area contributed by atoms with Crippen LogP contribution in [0.3, 0.4) is 0 Å². The highest BCUT2D eigenvalue weighted by Gasteiger charge is 2.34. The molecule has 0 aliphatic rings. The second-order valence-electron chi connectivity index (χ2n) is 7.58. The molecule has 0 radical (unpaired) electrons. The quantitative estimate of drug-likeness (QED) is 0.220. The maximum Gasteiger partial charge on any atom is 0.359 e. The lowest BCUT2D eigenvalue weighted by Gasteiger charge is -2.29. The fourth-order valence-corrected chi connectivity index (χ4v) is 3.36. The molecule has 0 aliphatic carbocycles. The van der Waals surface area contributed by atoms with Gasteiger partial charge in [0.15, 0.2) is 19.6 Å². The van der Waals surface area contributed by atoms with E-state index >= 15 is 0 Å². The van der Waals surface area contributed by atoms with E-state index in [2.05, 4.69) is 6.92 Å². The summed E-state index contributed by atoms with van der Waals surface area (Å²) in [5, 5.41) is 27.1. The maximum atomic E-state index is 11.1. The molecule has 0 rings (SSSR count). The Kier molecular flexibility index (Phi) is 15.0. The smallest absolute Gasteiger partial charge is 0.359 e. The molecule has 0 fully saturated rings. The Hall–Kier alpha value is -1.89. The number of unbranched alkanes of at least 4 members (excludes halogenated alkanes) is 11. The van der Waals surface area contributed by atoms with Crippen molar-refractivity contribution >= 4 is 17.9 Å². The Labute approximate surface area is 168 Å². The summed E-state index contributed by atoms with van der Waals surface area (Å²) in [7, 11) is 0. The summed E-state index contributed by atoms with van der Waals surface area (Å²) in [6, 6.07) is 0. The number of rotatable bonds is 19. The van der Waals surface area contributed by atoms with E-state index in [4.69, 9.17) is 15.3 Å². The number of hydrogen-bond acceptors (Lipinski definition) is 3. The van der Waals surface area contributed by atoms with Gasteiger partial charge >= 0.3 is 17.9 Å². The van der Waals surface area contributed by atoms with Crippen LogP contribution in [0.25, 0.3) is 0 Å². The third-order valence-electron chi connectivity index (χ3n) is 4.75. The molecule has 0 heterocycles. The molecule has 0 aromatic carbocycles. The summed E-state index contributed by atoms with van der Waals surface area (Å²) in [5.74, 6) is -3.66. The zero-order valence-electron chi connectivity index (χ0n) is 17.3. The third-order valence-corrected chi connectivity index (χ3v) is 4.75. The lowest BCUT2D eigenvalue weighted by atomic mass is 10.1. The number of quaternary nitrogens is 1. The van der Waals surface area contributed by atoms with Gasteiger partial charge in [-0.3, -0.25) is 4.48 Å². The van der Waals surface area contributed by atoms with Crippen LogP contribution in [0.1, 0.15) is 84.0 Å². The van der Waals surface area contributed by atoms with Crippen LogP contribution in [0, 0.1) is 0 Å². The van der Waals surface area contributed by atoms with Crippen molar-refractivity contribution in [2.45, 2.75) is 84.0 Å². The van der Waals surface area contributed by atoms with E-state index in [1.54, 1.807) is 6.08 Å². The molecule has 0 aromatic rings. The number of carbonyl (C=O) groups is 3. The predicted molar refractivity (Wildman–Crippen MR) is 108 cm³/mol. The lowest BCUT2D eigenvalue weighted by Crippen LogP contribution is -2.52. The molecule has 162 valence electrons. The topological polar surface area (TPSA) is 112 Å². The van der Waals surface area contributed by atoms with Crippen molar-refractivity contribution in [2.75, 3.05) is 19.6 Å². The van der Waals surface area contributed by atoms with Gasteiger partial charge in [-0.15, -0.1) is 0 Å². The summed E-state index contributed by atoms with van der Waals surface area (Å²) < 4.78 is -0.613. The van der Waals surface area contributed by atoms with Gasteiger partial charge in [0.05, 0.1) is 6.20 Å². The van der Waals surface area contributed by atoms with E-state index in [0.29, 0.717) is 6.42 Å². The van der Waals surface area contributed by atoms with Crippen molar-refractivity contribution in [3.63, 3.8) is 0 Å². The fourth-order valence-electron chi connectivity index (χ4n) is 3.36. The fraction of sp³-hybridized carbons (Fsp3) is 0.762. The minimum Gasteiger partial charge on any atom is -0.477 e. The number of carboxylic acids is 3. The van der Waals surface area contributed by atoms with Gasteiger partial charge in [0, 0.05) is 0 Å². The van der Waals surface area contributed by atoms with Gasteiger partial charge in [-0.05, 0) is 18.9 Å². The Bertz CT molecular complexity index is 448. The molecule has 0 amide bonds. The molecule has 0 bridgehead atoms. The average Bonchev–Trinajstić information content (AvgIpc) is 2.57. The SMILES string of the molecule is CCCCCCCCCCCCC/C=C/[N+](CC(=O)O)(CC(=O)O)CC(=O)O. The van der Waals surface area contributed by atoms with Crippen molar-refractivity contribution in [3.05, 3.63) is 12.3 Å². The normalized spacial score (nSPS) is 11.8. The first kappa shape index (κ1) is 26.1. The van der Waals surface area contributed by atoms with E-state index in [-0.39, 0.29) is 0 Å². The van der Waals surface area contributed by atoms with Gasteiger partial charge in [0.2, 0.25) is 0 Å². The van der Waals surface area contributed by atoms with Crippen LogP contribution in [0.2, 0.25) is 0 Å². The van der Waals surface area contributed by atoms with Crippen LogP contribution in [0.15, 0.2) is 12.3 Å². The molecule has 3 N–H and O–H groups in total. The average molecular weight is 401 g/mol. The van der Waals surface area contributed by atoms with Crippen LogP contribution >= 0.6 is 0 Å². The molecule has 28 heavy (non-hydrogen) atoms. The molecule has 0 aliphatic heterocycles. The van der Waals surface area contributed by atoms with Gasteiger partial charge in [-0.2, -0.15) is 0 Å². The van der Waals surface area contributed by atoms with E-state index in [0.717, 1.165) is 19.3 Å². The lowest BCUT2D eigenvalue weighted by molar-refractivity contribution is -0.857. The second kappa shape index (κ2) is 16.1. The van der Waals surface area contributed by atoms with Gasteiger partial charge < -0.3 is 15.3 Å². The van der Waals surface area contributed by atoms with E-state index < -0.39 is 42.0 Å². The molecule has 0 aromatic heterocycles. The Morgan fingerprint density at radius 1 is 0.643 bits per heavy atom. The summed E-state index contributed by atoms with van der Waals surface area (Å²) >= 11 is 0. The van der Waals surface area contributed by atoms with Crippen molar-refractivity contribution < 1.29 is 34.2 Å². The van der Waals surface area contributed by atoms with Crippen LogP contribution in [-0.4, -0.2) is 57.3 Å². The number of carboxylic acid groups (broad SMARTS) is 3. The number of nitrogens with zero attached hydrogens (tertiary/aromatic N) is 1. The van der Waals surface area contributed by atoms with E-state index in [1.807, 2.05) is 0 Å². The minimum atomic E-state index is -1.22. The monoisotopic (exact) mass is 400 g/mol. The number of aliphatic carboxylic acids is 3. The van der Waals surface area contributed by atoms with Gasteiger partial charge in [0.1, 0.15) is 0 Å². The van der Waals surface area contributed by atoms with Gasteiger partial charge in [-0.1, -0.05) is 71.1 Å². The molecule has 0 saturated heterocycles. The minimum absolute atomic E-state index is 0.562. The summed E-state index contributed by atoms with van der Waals surface area (Å²) in [6.07, 6.45) is 17.4. The summed E-state index contributed by atoms with van der Waals surface area (Å²) in [6.45, 7) is 0.534. The van der Waals surface area contributed by atoms with E-state index in [1.165, 1.54) is 57.6 Å². The van der Waals surface area contributed by atoms with Crippen molar-refractivity contribution in [1.29, 1.82) is 0 Å². The highest BCUT2D eigenvalue weighted by atomic mass is 16.4. The number of allylic oxidation sites excluding steroid dienone is 1. The van der Waals surface area contributed by atoms with Crippen molar-refractivity contribution in [2.24, 2.45) is 0 Å². The molecule has 0 atom stereocenters. The first-order valence-corrected chi connectivity index (χ1v) is 10.5. The Balaban J connectivity index is 4.16. The van der Waals surface area contributed by atoms with E-state index in [9.17, 15) is 14.4 Å². The van der Waals surface area contributed by atoms with Crippen LogP contribution in [-0.2, 0) is 14.4 Å². The first-order valence-electron chi connectivity index (χ1n) is 10.5. The first-order chi connectivity index (χ1) is 13.3. The molecular formula is C21H38NO6+. The van der Waals surface area contributed by atoms with Crippen LogP contribution in [0.5, 0.6) is 0 Å². The number of hydrogen-bond donors (Lipinski definition) is 3. The predicted octanol–water partition coefficient (Wildman–Crippen LogP) is 4.27. The third kappa shape index (κ3) is 15.2. The van der Waals surface area contributed by atoms with Crippen molar-refractivity contribution in [3.8, 4) is 0 Å². The highest BCUT2D eigenvalue weighted by Crippen LogP contribution is 2.13. The molecule has 0 saturated carbocycles. The zero-order valence-corrected chi connectivity index (χ0v) is 17.3. The maximum absolute atomic E-state index is 11.1. The van der Waals surface area contributed by atoms with Crippen LogP contribution < -0.4 is 0 Å². The summed E-state index contributed by atoms with van der Waals surface area (Å²) in [4.78, 5) is 33.2. The van der Waals surface area contributed by atoms with Gasteiger partial charge in [-0.25, -0.2) is 14.4 Å².